The zero-order valence-electron chi connectivity index (χ0n) is 22.2. The fraction of sp³-hybridized carbons (Fsp3) is 0.290. The number of hydrogen-bond donors (Lipinski definition) is 1. The number of hydrogen-bond acceptors (Lipinski definition) is 6. The molecule has 3 aromatic rings. The highest BCUT2D eigenvalue weighted by molar-refractivity contribution is 7.09. The van der Waals surface area contributed by atoms with Gasteiger partial charge < -0.3 is 5.11 Å². The highest BCUT2D eigenvalue weighted by atomic mass is 35.5. The number of thiophene rings is 1. The van der Waals surface area contributed by atoms with E-state index in [0.717, 1.165) is 21.9 Å². The van der Waals surface area contributed by atoms with Crippen LogP contribution in [0.1, 0.15) is 29.2 Å². The van der Waals surface area contributed by atoms with Crippen LogP contribution in [0, 0.1) is 23.6 Å². The molecule has 220 valence electrons. The molecule has 12 heteroatoms. The van der Waals surface area contributed by atoms with Crippen molar-refractivity contribution in [3.63, 3.8) is 0 Å². The van der Waals surface area contributed by atoms with Gasteiger partial charge in [-0.05, 0) is 72.7 Å². The average Bonchev–Trinajstić information content (AvgIpc) is 3.62. The molecule has 7 nitrogen and oxygen atoms in total. The minimum Gasteiger partial charge on any atom is -0.508 e. The lowest BCUT2D eigenvalue weighted by molar-refractivity contribution is -0.141. The SMILES string of the molecule is O=C1[C@H]2[C@H](CC=C3[C@H]2C[C@@]2(Cl)C(=O)N(c4ccc(F)cc4)C(=O)[C@@]2(Cl)[C@H]3c2cc(Cl)ccc2O)C(=O)N1Cc1cccs1. The number of phenols is 1. The largest absolute Gasteiger partial charge is 0.508 e. The first-order chi connectivity index (χ1) is 20.5. The minimum atomic E-state index is -2.15. The molecular weight excluding hydrogens is 638 g/mol. The lowest BCUT2D eigenvalue weighted by Gasteiger charge is -2.50. The molecule has 4 amide bonds. The Morgan fingerprint density at radius 3 is 2.42 bits per heavy atom. The van der Waals surface area contributed by atoms with Gasteiger partial charge in [-0.3, -0.25) is 24.1 Å². The maximum absolute atomic E-state index is 14.3. The number of fused-ring (bicyclic) bond motifs is 4. The molecule has 0 unspecified atom stereocenters. The van der Waals surface area contributed by atoms with Gasteiger partial charge in [-0.25, -0.2) is 9.29 Å². The van der Waals surface area contributed by atoms with Crippen molar-refractivity contribution < 1.29 is 28.7 Å². The molecule has 7 rings (SSSR count). The minimum absolute atomic E-state index is 0.0731. The maximum atomic E-state index is 14.3. The van der Waals surface area contributed by atoms with Gasteiger partial charge >= 0.3 is 0 Å². The number of imide groups is 2. The predicted molar refractivity (Wildman–Crippen MR) is 160 cm³/mol. The van der Waals surface area contributed by atoms with Gasteiger partial charge in [0.1, 0.15) is 11.6 Å². The Morgan fingerprint density at radius 1 is 0.977 bits per heavy atom. The van der Waals surface area contributed by atoms with Crippen LogP contribution in [0.4, 0.5) is 10.1 Å². The van der Waals surface area contributed by atoms with Crippen LogP contribution in [-0.4, -0.2) is 43.4 Å². The number of likely N-dealkylation sites (tertiary alicyclic amines) is 1. The molecule has 0 spiro atoms. The number of rotatable bonds is 4. The summed E-state index contributed by atoms with van der Waals surface area (Å²) in [6.07, 6.45) is 1.78. The molecule has 2 saturated heterocycles. The van der Waals surface area contributed by atoms with E-state index in [-0.39, 0.29) is 53.2 Å². The van der Waals surface area contributed by atoms with E-state index in [9.17, 15) is 28.7 Å². The summed E-state index contributed by atoms with van der Waals surface area (Å²) in [4.78, 5) is 54.7. The number of anilines is 1. The summed E-state index contributed by atoms with van der Waals surface area (Å²) < 4.78 is 13.8. The van der Waals surface area contributed by atoms with E-state index < -0.39 is 51.1 Å². The zero-order chi connectivity index (χ0) is 30.4. The number of carbonyl (C=O) groups excluding carboxylic acids is 4. The van der Waals surface area contributed by atoms with Crippen molar-refractivity contribution in [3.05, 3.63) is 92.9 Å². The summed E-state index contributed by atoms with van der Waals surface area (Å²) in [5.41, 5.74) is 0.770. The van der Waals surface area contributed by atoms with E-state index in [0.29, 0.717) is 5.57 Å². The van der Waals surface area contributed by atoms with Gasteiger partial charge in [0, 0.05) is 21.4 Å². The molecular formula is C31H22Cl3FN2O5S. The Morgan fingerprint density at radius 2 is 1.72 bits per heavy atom. The Labute approximate surface area is 264 Å². The number of benzene rings is 2. The first-order valence-corrected chi connectivity index (χ1v) is 15.6. The Hall–Kier alpha value is -3.24. The van der Waals surface area contributed by atoms with Crippen molar-refractivity contribution >= 4 is 75.5 Å². The van der Waals surface area contributed by atoms with Gasteiger partial charge in [-0.1, -0.05) is 29.3 Å². The van der Waals surface area contributed by atoms with Crippen molar-refractivity contribution in [2.24, 2.45) is 17.8 Å². The molecule has 4 aliphatic rings. The molecule has 3 fully saturated rings. The number of carbonyl (C=O) groups is 4. The fourth-order valence-corrected chi connectivity index (χ4v) is 9.08. The summed E-state index contributed by atoms with van der Waals surface area (Å²) in [6, 6.07) is 12.7. The van der Waals surface area contributed by atoms with Crippen molar-refractivity contribution in [1.82, 2.24) is 4.90 Å². The first-order valence-electron chi connectivity index (χ1n) is 13.6. The van der Waals surface area contributed by atoms with Gasteiger partial charge in [0.15, 0.2) is 9.75 Å². The lowest BCUT2D eigenvalue weighted by atomic mass is 9.56. The highest BCUT2D eigenvalue weighted by Gasteiger charge is 2.76. The topological polar surface area (TPSA) is 95.0 Å². The van der Waals surface area contributed by atoms with Gasteiger partial charge in [-0.2, -0.15) is 0 Å². The zero-order valence-corrected chi connectivity index (χ0v) is 25.3. The van der Waals surface area contributed by atoms with Crippen LogP contribution in [0.25, 0.3) is 0 Å². The molecule has 1 saturated carbocycles. The summed E-state index contributed by atoms with van der Waals surface area (Å²) >= 11 is 22.4. The van der Waals surface area contributed by atoms with Gasteiger partial charge in [0.05, 0.1) is 24.1 Å². The van der Waals surface area contributed by atoms with E-state index >= 15 is 0 Å². The standard InChI is InChI=1S/C31H22Cl3FN2O5S/c32-15-3-10-23(38)21(12-15)25-19-8-9-20-24(27(40)36(26(20)39)14-18-2-1-11-43-18)22(19)13-30(33)28(41)37(29(42)31(25,30)34)17-6-4-16(35)5-7-17/h1-8,10-12,20,22,24-25,38H,9,13-14H2/t20-,22+,24-,25+,30+,31-/m0/s1. The van der Waals surface area contributed by atoms with E-state index in [1.54, 1.807) is 6.08 Å². The molecule has 2 aliphatic heterocycles. The van der Waals surface area contributed by atoms with E-state index in [2.05, 4.69) is 0 Å². The van der Waals surface area contributed by atoms with Crippen LogP contribution in [0.15, 0.2) is 71.6 Å². The number of amides is 4. The number of allylic oxidation sites excluding steroid dienone is 2. The fourth-order valence-electron chi connectivity index (χ4n) is 7.28. The summed E-state index contributed by atoms with van der Waals surface area (Å²) in [5.74, 6) is -6.64. The smallest absolute Gasteiger partial charge is 0.258 e. The van der Waals surface area contributed by atoms with Crippen LogP contribution in [-0.2, 0) is 25.7 Å². The second-order valence-corrected chi connectivity index (χ2v) is 14.0. The number of alkyl halides is 2. The Kier molecular flexibility index (Phi) is 6.56. The molecule has 3 heterocycles. The van der Waals surface area contributed by atoms with Gasteiger partial charge in [0.25, 0.3) is 11.8 Å². The number of aromatic hydroxyl groups is 1. The van der Waals surface area contributed by atoms with Crippen LogP contribution in [0.2, 0.25) is 5.02 Å². The van der Waals surface area contributed by atoms with E-state index in [1.165, 1.54) is 46.6 Å². The molecule has 0 radical (unpaired) electrons. The molecule has 1 N–H and O–H groups in total. The quantitative estimate of drug-likeness (QED) is 0.210. The Bertz CT molecular complexity index is 1750. The monoisotopic (exact) mass is 658 g/mol. The second kappa shape index (κ2) is 9.89. The molecule has 6 atom stereocenters. The maximum Gasteiger partial charge on any atom is 0.258 e. The molecule has 0 bridgehead atoms. The van der Waals surface area contributed by atoms with Crippen molar-refractivity contribution in [3.8, 4) is 5.75 Å². The molecule has 2 aliphatic carbocycles. The summed E-state index contributed by atoms with van der Waals surface area (Å²) in [7, 11) is 0. The number of nitrogens with zero attached hydrogens (tertiary/aromatic N) is 2. The highest BCUT2D eigenvalue weighted by Crippen LogP contribution is 2.66. The molecule has 2 aromatic carbocycles. The molecule has 43 heavy (non-hydrogen) atoms. The third-order valence-electron chi connectivity index (χ3n) is 9.18. The average molecular weight is 660 g/mol. The number of phenolic OH excluding ortho intramolecular Hbond substituents is 1. The summed E-state index contributed by atoms with van der Waals surface area (Å²) in [5, 5.41) is 13.2. The first kappa shape index (κ1) is 28.5. The summed E-state index contributed by atoms with van der Waals surface area (Å²) in [6.45, 7) is 0.129. The van der Waals surface area contributed by atoms with Crippen LogP contribution >= 0.6 is 46.1 Å². The van der Waals surface area contributed by atoms with Crippen molar-refractivity contribution in [1.29, 1.82) is 0 Å². The van der Waals surface area contributed by atoms with Crippen molar-refractivity contribution in [2.75, 3.05) is 4.90 Å². The predicted octanol–water partition coefficient (Wildman–Crippen LogP) is 6.01. The second-order valence-electron chi connectivity index (χ2n) is 11.3. The Balaban J connectivity index is 1.39. The molecule has 1 aromatic heterocycles. The van der Waals surface area contributed by atoms with Gasteiger partial charge in [-0.15, -0.1) is 34.5 Å². The van der Waals surface area contributed by atoms with Crippen molar-refractivity contribution in [2.45, 2.75) is 35.1 Å². The van der Waals surface area contributed by atoms with Crippen LogP contribution in [0.5, 0.6) is 5.75 Å². The third kappa shape index (κ3) is 3.91. The third-order valence-corrected chi connectivity index (χ3v) is 11.7. The normalized spacial score (nSPS) is 31.7. The van der Waals surface area contributed by atoms with E-state index in [4.69, 9.17) is 34.8 Å². The lowest BCUT2D eigenvalue weighted by Crippen LogP contribution is -2.60. The van der Waals surface area contributed by atoms with E-state index in [1.807, 2.05) is 17.5 Å². The van der Waals surface area contributed by atoms with Crippen LogP contribution in [0.3, 0.4) is 0 Å². The number of halogens is 4. The van der Waals surface area contributed by atoms with Crippen LogP contribution < -0.4 is 4.90 Å². The van der Waals surface area contributed by atoms with Gasteiger partial charge in [0.2, 0.25) is 11.8 Å².